The molecule has 0 radical (unpaired) electrons. The van der Waals surface area contributed by atoms with Crippen LogP contribution in [-0.2, 0) is 4.79 Å². The lowest BCUT2D eigenvalue weighted by molar-refractivity contribution is -0.116. The molecule has 1 amide bonds. The van der Waals surface area contributed by atoms with Crippen LogP contribution in [0.1, 0.15) is 25.5 Å². The van der Waals surface area contributed by atoms with E-state index in [9.17, 15) is 4.79 Å². The van der Waals surface area contributed by atoms with Crippen LogP contribution < -0.4 is 5.32 Å². The third-order valence-corrected chi connectivity index (χ3v) is 5.98. The summed E-state index contributed by atoms with van der Waals surface area (Å²) in [6, 6.07) is 7.95. The Kier molecular flexibility index (Phi) is 5.25. The van der Waals surface area contributed by atoms with Gasteiger partial charge in [-0.3, -0.25) is 19.9 Å². The molecule has 0 saturated carbocycles. The molecule has 36 heavy (non-hydrogen) atoms. The minimum atomic E-state index is -0.0198. The highest BCUT2D eigenvalue weighted by Crippen LogP contribution is 2.31. The summed E-state index contributed by atoms with van der Waals surface area (Å²) < 4.78 is 1.91. The molecule has 10 nitrogen and oxygen atoms in total. The number of amides is 1. The Morgan fingerprint density at radius 3 is 2.78 bits per heavy atom. The zero-order valence-corrected chi connectivity index (χ0v) is 19.8. The molecule has 6 rings (SSSR count). The van der Waals surface area contributed by atoms with Gasteiger partial charge in [0.15, 0.2) is 5.82 Å². The van der Waals surface area contributed by atoms with Gasteiger partial charge in [0, 0.05) is 29.8 Å². The number of nitrogens with zero attached hydrogens (tertiary/aromatic N) is 6. The van der Waals surface area contributed by atoms with Crippen LogP contribution in [0, 0.1) is 6.92 Å². The number of hydrogen-bond acceptors (Lipinski definition) is 6. The monoisotopic (exact) mass is 477 g/mol. The fourth-order valence-corrected chi connectivity index (χ4v) is 4.26. The first kappa shape index (κ1) is 21.7. The highest BCUT2D eigenvalue weighted by atomic mass is 16.1. The number of anilines is 1. The van der Waals surface area contributed by atoms with Crippen LogP contribution in [0.25, 0.3) is 50.3 Å². The Balaban J connectivity index is 1.40. The predicted octanol–water partition coefficient (Wildman–Crippen LogP) is 4.80. The van der Waals surface area contributed by atoms with E-state index in [1.54, 1.807) is 31.1 Å². The zero-order valence-electron chi connectivity index (χ0n) is 19.8. The van der Waals surface area contributed by atoms with Crippen molar-refractivity contribution in [2.24, 2.45) is 0 Å². The molecule has 0 atom stereocenters. The van der Waals surface area contributed by atoms with Crippen LogP contribution in [0.15, 0.2) is 61.6 Å². The molecule has 0 aliphatic heterocycles. The van der Waals surface area contributed by atoms with Crippen molar-refractivity contribution in [2.45, 2.75) is 26.7 Å². The maximum atomic E-state index is 12.0. The van der Waals surface area contributed by atoms with Gasteiger partial charge >= 0.3 is 0 Å². The molecule has 10 heteroatoms. The third-order valence-electron chi connectivity index (χ3n) is 5.98. The van der Waals surface area contributed by atoms with Gasteiger partial charge in [-0.25, -0.2) is 9.97 Å². The molecule has 0 bridgehead atoms. The number of imidazole rings is 2. The van der Waals surface area contributed by atoms with Crippen LogP contribution in [0.5, 0.6) is 0 Å². The molecule has 0 aliphatic carbocycles. The van der Waals surface area contributed by atoms with Crippen molar-refractivity contribution in [2.75, 3.05) is 5.32 Å². The predicted molar refractivity (Wildman–Crippen MR) is 138 cm³/mol. The summed E-state index contributed by atoms with van der Waals surface area (Å²) in [6.45, 7) is 3.92. The Bertz CT molecular complexity index is 1730. The number of fused-ring (bicyclic) bond motifs is 2. The maximum Gasteiger partial charge on any atom is 0.224 e. The summed E-state index contributed by atoms with van der Waals surface area (Å²) in [7, 11) is 0. The normalized spacial score (nSPS) is 11.4. The third kappa shape index (κ3) is 3.88. The van der Waals surface area contributed by atoms with E-state index in [0.29, 0.717) is 23.6 Å². The van der Waals surface area contributed by atoms with Crippen molar-refractivity contribution in [1.29, 1.82) is 0 Å². The highest BCUT2D eigenvalue weighted by molar-refractivity contribution is 5.97. The van der Waals surface area contributed by atoms with E-state index in [1.807, 2.05) is 48.9 Å². The van der Waals surface area contributed by atoms with Crippen molar-refractivity contribution in [3.63, 3.8) is 0 Å². The summed E-state index contributed by atoms with van der Waals surface area (Å²) in [5, 5.41) is 11.5. The number of hydrogen-bond donors (Lipinski definition) is 3. The number of pyridine rings is 2. The van der Waals surface area contributed by atoms with Crippen molar-refractivity contribution >= 4 is 33.5 Å². The maximum absolute atomic E-state index is 12.0. The molecule has 0 aliphatic rings. The van der Waals surface area contributed by atoms with Crippen LogP contribution in [0.2, 0.25) is 0 Å². The average Bonchev–Trinajstić information content (AvgIpc) is 3.61. The van der Waals surface area contributed by atoms with Crippen molar-refractivity contribution in [1.82, 2.24) is 39.7 Å². The number of H-pyrrole nitrogens is 2. The van der Waals surface area contributed by atoms with Crippen LogP contribution >= 0.6 is 0 Å². The number of nitrogens with one attached hydrogen (secondary N) is 3. The van der Waals surface area contributed by atoms with Gasteiger partial charge in [-0.05, 0) is 37.1 Å². The molecule has 3 N–H and O–H groups in total. The van der Waals surface area contributed by atoms with E-state index in [4.69, 9.17) is 4.98 Å². The molecule has 0 spiro atoms. The van der Waals surface area contributed by atoms with E-state index in [-0.39, 0.29) is 5.91 Å². The van der Waals surface area contributed by atoms with Gasteiger partial charge in [-0.15, -0.1) is 0 Å². The van der Waals surface area contributed by atoms with Crippen molar-refractivity contribution in [3.8, 4) is 28.3 Å². The molecule has 1 aromatic carbocycles. The first-order valence-corrected chi connectivity index (χ1v) is 11.7. The number of benzene rings is 1. The van der Waals surface area contributed by atoms with E-state index >= 15 is 0 Å². The number of aryl methyl sites for hydroxylation is 1. The quantitative estimate of drug-likeness (QED) is 0.316. The summed E-state index contributed by atoms with van der Waals surface area (Å²) in [5.74, 6) is 0.617. The van der Waals surface area contributed by atoms with Gasteiger partial charge in [-0.1, -0.05) is 13.0 Å². The van der Waals surface area contributed by atoms with Gasteiger partial charge in [0.25, 0.3) is 0 Å². The highest BCUT2D eigenvalue weighted by Gasteiger charge is 2.16. The SMILES string of the molecule is CCCC(=O)Nc1cncc(-c2ccc3[nH]nc(-c4nc5c(-n6cnc(C)c6)cncc5[nH]4)c3c2)c1. The van der Waals surface area contributed by atoms with Crippen molar-refractivity contribution in [3.05, 3.63) is 67.3 Å². The minimum Gasteiger partial charge on any atom is -0.335 e. The lowest BCUT2D eigenvalue weighted by atomic mass is 10.0. The molecule has 0 saturated heterocycles. The number of aromatic amines is 2. The second-order valence-electron chi connectivity index (χ2n) is 8.66. The average molecular weight is 478 g/mol. The van der Waals surface area contributed by atoms with E-state index in [0.717, 1.165) is 50.9 Å². The Hall–Kier alpha value is -4.86. The molecule has 0 unspecified atom stereocenters. The number of aromatic nitrogens is 8. The Labute approximate surface area is 205 Å². The second kappa shape index (κ2) is 8.73. The second-order valence-corrected chi connectivity index (χ2v) is 8.66. The summed E-state index contributed by atoms with van der Waals surface area (Å²) in [6.07, 6.45) is 11.9. The molecule has 178 valence electrons. The van der Waals surface area contributed by atoms with Crippen LogP contribution in [0.4, 0.5) is 5.69 Å². The molecule has 5 aromatic heterocycles. The standard InChI is InChI=1S/C26H23N9O/c1-3-4-23(36)30-18-7-17(9-27-10-18)16-5-6-20-19(8-16)24(34-33-20)26-31-21-11-28-12-22(25(21)32-26)35-13-15(2)29-14-35/h5-14H,3-4H2,1-2H3,(H,30,36)(H,31,32)(H,33,34). The Morgan fingerprint density at radius 2 is 1.94 bits per heavy atom. The van der Waals surface area contributed by atoms with E-state index in [2.05, 4.69) is 35.5 Å². The van der Waals surface area contributed by atoms with E-state index < -0.39 is 0 Å². The van der Waals surface area contributed by atoms with Gasteiger partial charge in [-0.2, -0.15) is 5.10 Å². The van der Waals surface area contributed by atoms with Crippen molar-refractivity contribution < 1.29 is 4.79 Å². The van der Waals surface area contributed by atoms with E-state index in [1.165, 1.54) is 0 Å². The van der Waals surface area contributed by atoms with Gasteiger partial charge in [0.2, 0.25) is 5.91 Å². The molecule has 0 fully saturated rings. The first-order chi connectivity index (χ1) is 17.6. The van der Waals surface area contributed by atoms with Crippen LogP contribution in [0.3, 0.4) is 0 Å². The van der Waals surface area contributed by atoms with Gasteiger partial charge in [0.05, 0.1) is 53.0 Å². The summed E-state index contributed by atoms with van der Waals surface area (Å²) in [4.78, 5) is 33.3. The lowest BCUT2D eigenvalue weighted by Crippen LogP contribution is -2.10. The lowest BCUT2D eigenvalue weighted by Gasteiger charge is -2.07. The van der Waals surface area contributed by atoms with Gasteiger partial charge in [0.1, 0.15) is 11.2 Å². The largest absolute Gasteiger partial charge is 0.335 e. The fraction of sp³-hybridized carbons (Fsp3) is 0.154. The Morgan fingerprint density at radius 1 is 1.06 bits per heavy atom. The number of carbonyl (C=O) groups is 1. The smallest absolute Gasteiger partial charge is 0.224 e. The molecular formula is C26H23N9O. The van der Waals surface area contributed by atoms with Gasteiger partial charge < -0.3 is 14.9 Å². The molecule has 6 aromatic rings. The first-order valence-electron chi connectivity index (χ1n) is 11.7. The summed E-state index contributed by atoms with van der Waals surface area (Å²) in [5.41, 5.74) is 7.45. The fourth-order valence-electron chi connectivity index (χ4n) is 4.26. The molecule has 5 heterocycles. The van der Waals surface area contributed by atoms with Crippen LogP contribution in [-0.4, -0.2) is 45.6 Å². The minimum absolute atomic E-state index is 0.0198. The number of rotatable bonds is 6. The summed E-state index contributed by atoms with van der Waals surface area (Å²) >= 11 is 0. The topological polar surface area (TPSA) is 130 Å². The number of carbonyl (C=O) groups excluding carboxylic acids is 1. The molecular weight excluding hydrogens is 454 g/mol. The zero-order chi connectivity index (χ0) is 24.6.